The first-order chi connectivity index (χ1) is 10.1. The minimum atomic E-state index is -0.925. The maximum Gasteiger partial charge on any atom is 0.336 e. The fourth-order valence-corrected chi connectivity index (χ4v) is 2.37. The van der Waals surface area contributed by atoms with Crippen molar-refractivity contribution in [2.45, 2.75) is 19.4 Å². The number of hydrogen-bond donors (Lipinski definition) is 1. The van der Waals surface area contributed by atoms with E-state index in [4.69, 9.17) is 4.74 Å². The van der Waals surface area contributed by atoms with Gasteiger partial charge in [-0.05, 0) is 43.7 Å². The summed E-state index contributed by atoms with van der Waals surface area (Å²) in [5.41, 5.74) is 0.800. The molecule has 0 saturated carbocycles. The van der Waals surface area contributed by atoms with Gasteiger partial charge in [-0.25, -0.2) is 4.79 Å². The van der Waals surface area contributed by atoms with E-state index in [0.717, 1.165) is 15.7 Å². The fraction of sp³-hybridized carbons (Fsp3) is 0.235. The Hall–Kier alpha value is -1.81. The number of carbonyl (C=O) groups is 1. The van der Waals surface area contributed by atoms with E-state index in [9.17, 15) is 4.79 Å². The molecule has 0 saturated heterocycles. The number of nitrogens with one attached hydrogen (secondary N) is 1. The number of hydrogen-bond acceptors (Lipinski definition) is 3. The lowest BCUT2D eigenvalue weighted by atomic mass is 9.91. The summed E-state index contributed by atoms with van der Waals surface area (Å²) in [6, 6.07) is 17.3. The van der Waals surface area contributed by atoms with Crippen LogP contribution in [-0.2, 0) is 15.1 Å². The average molecular weight is 348 g/mol. The monoisotopic (exact) mass is 347 g/mol. The zero-order valence-corrected chi connectivity index (χ0v) is 13.7. The van der Waals surface area contributed by atoms with Gasteiger partial charge in [-0.3, -0.25) is 0 Å². The van der Waals surface area contributed by atoms with Gasteiger partial charge < -0.3 is 10.1 Å². The number of anilines is 1. The van der Waals surface area contributed by atoms with Gasteiger partial charge in [0, 0.05) is 10.2 Å². The van der Waals surface area contributed by atoms with Crippen LogP contribution in [0, 0.1) is 0 Å². The van der Waals surface area contributed by atoms with Crippen LogP contribution in [-0.4, -0.2) is 12.6 Å². The Morgan fingerprint density at radius 1 is 1.14 bits per heavy atom. The number of halogens is 1. The van der Waals surface area contributed by atoms with Crippen molar-refractivity contribution >= 4 is 27.6 Å². The molecular weight excluding hydrogens is 330 g/mol. The normalized spacial score (nSPS) is 13.3. The Balaban J connectivity index is 2.36. The number of esters is 1. The summed E-state index contributed by atoms with van der Waals surface area (Å²) < 4.78 is 6.24. The smallest absolute Gasteiger partial charge is 0.336 e. The van der Waals surface area contributed by atoms with Crippen molar-refractivity contribution in [3.8, 4) is 0 Å². The van der Waals surface area contributed by atoms with Gasteiger partial charge >= 0.3 is 5.97 Å². The van der Waals surface area contributed by atoms with Crippen molar-refractivity contribution in [1.29, 1.82) is 0 Å². The molecule has 0 aliphatic rings. The molecule has 1 unspecified atom stereocenters. The van der Waals surface area contributed by atoms with Crippen molar-refractivity contribution in [2.24, 2.45) is 0 Å². The van der Waals surface area contributed by atoms with Crippen LogP contribution in [0.5, 0.6) is 0 Å². The Morgan fingerprint density at radius 2 is 1.76 bits per heavy atom. The first-order valence-corrected chi connectivity index (χ1v) is 7.62. The average Bonchev–Trinajstić information content (AvgIpc) is 2.50. The molecule has 0 amide bonds. The van der Waals surface area contributed by atoms with E-state index < -0.39 is 5.54 Å². The molecule has 21 heavy (non-hydrogen) atoms. The van der Waals surface area contributed by atoms with Gasteiger partial charge in [-0.2, -0.15) is 0 Å². The van der Waals surface area contributed by atoms with Crippen molar-refractivity contribution in [3.05, 3.63) is 64.6 Å². The Kier molecular flexibility index (Phi) is 5.02. The van der Waals surface area contributed by atoms with Crippen LogP contribution in [0.3, 0.4) is 0 Å². The third-order valence-electron chi connectivity index (χ3n) is 3.27. The highest BCUT2D eigenvalue weighted by molar-refractivity contribution is 9.10. The van der Waals surface area contributed by atoms with Gasteiger partial charge in [0.15, 0.2) is 5.54 Å². The molecule has 1 atom stereocenters. The minimum absolute atomic E-state index is 0.292. The molecule has 110 valence electrons. The van der Waals surface area contributed by atoms with E-state index in [2.05, 4.69) is 21.2 Å². The predicted molar refractivity (Wildman–Crippen MR) is 88.2 cm³/mol. The highest BCUT2D eigenvalue weighted by atomic mass is 79.9. The van der Waals surface area contributed by atoms with Crippen LogP contribution in [0.2, 0.25) is 0 Å². The van der Waals surface area contributed by atoms with Gasteiger partial charge in [-0.15, -0.1) is 0 Å². The number of benzene rings is 2. The van der Waals surface area contributed by atoms with Crippen molar-refractivity contribution in [2.75, 3.05) is 11.9 Å². The molecule has 0 fully saturated rings. The highest BCUT2D eigenvalue weighted by Crippen LogP contribution is 2.28. The molecule has 0 aliphatic carbocycles. The van der Waals surface area contributed by atoms with Gasteiger partial charge in [0.25, 0.3) is 0 Å². The number of carbonyl (C=O) groups excluding carboxylic acids is 1. The fourth-order valence-electron chi connectivity index (χ4n) is 2.11. The van der Waals surface area contributed by atoms with Crippen LogP contribution in [0.15, 0.2) is 59.1 Å². The second kappa shape index (κ2) is 6.76. The lowest BCUT2D eigenvalue weighted by Gasteiger charge is -2.30. The second-order valence-electron chi connectivity index (χ2n) is 4.84. The van der Waals surface area contributed by atoms with Crippen molar-refractivity contribution in [1.82, 2.24) is 0 Å². The third kappa shape index (κ3) is 3.64. The lowest BCUT2D eigenvalue weighted by Crippen LogP contribution is -2.42. The molecule has 0 heterocycles. The summed E-state index contributed by atoms with van der Waals surface area (Å²) in [6.45, 7) is 3.99. The topological polar surface area (TPSA) is 38.3 Å². The molecule has 0 aliphatic heterocycles. The van der Waals surface area contributed by atoms with Crippen LogP contribution >= 0.6 is 15.9 Å². The molecule has 2 rings (SSSR count). The molecule has 4 heteroatoms. The van der Waals surface area contributed by atoms with Crippen molar-refractivity contribution < 1.29 is 9.53 Å². The molecule has 0 spiro atoms. The number of rotatable bonds is 5. The SMILES string of the molecule is CCOC(=O)C(C)(Nc1ccc(Br)cc1)c1ccccc1. The zero-order chi connectivity index (χ0) is 15.3. The van der Waals surface area contributed by atoms with Gasteiger partial charge in [-0.1, -0.05) is 46.3 Å². The Morgan fingerprint density at radius 3 is 2.33 bits per heavy atom. The number of ether oxygens (including phenoxy) is 1. The van der Waals surface area contributed by atoms with E-state index in [1.165, 1.54) is 0 Å². The van der Waals surface area contributed by atoms with Gasteiger partial charge in [0.2, 0.25) is 0 Å². The molecule has 0 radical (unpaired) electrons. The molecule has 0 bridgehead atoms. The van der Waals surface area contributed by atoms with Gasteiger partial charge in [0.05, 0.1) is 6.61 Å². The van der Waals surface area contributed by atoms with Crippen LogP contribution in [0.4, 0.5) is 5.69 Å². The first kappa shape index (κ1) is 15.6. The van der Waals surface area contributed by atoms with E-state index in [0.29, 0.717) is 6.61 Å². The van der Waals surface area contributed by atoms with Crippen LogP contribution < -0.4 is 5.32 Å². The van der Waals surface area contributed by atoms with E-state index >= 15 is 0 Å². The Bertz CT molecular complexity index is 598. The molecule has 2 aromatic rings. The first-order valence-electron chi connectivity index (χ1n) is 6.83. The lowest BCUT2D eigenvalue weighted by molar-refractivity contribution is -0.148. The van der Waals surface area contributed by atoms with Crippen LogP contribution in [0.1, 0.15) is 19.4 Å². The molecule has 2 aromatic carbocycles. The van der Waals surface area contributed by atoms with Crippen molar-refractivity contribution in [3.63, 3.8) is 0 Å². The minimum Gasteiger partial charge on any atom is -0.464 e. The van der Waals surface area contributed by atoms with E-state index in [1.807, 2.05) is 68.4 Å². The molecule has 0 aromatic heterocycles. The summed E-state index contributed by atoms with van der Waals surface area (Å²) >= 11 is 3.40. The third-order valence-corrected chi connectivity index (χ3v) is 3.80. The molecule has 3 nitrogen and oxygen atoms in total. The standard InChI is InChI=1S/C17H18BrNO2/c1-3-21-16(20)17(2,13-7-5-4-6-8-13)19-15-11-9-14(18)10-12-15/h4-12,19H,3H2,1-2H3. The van der Waals surface area contributed by atoms with Gasteiger partial charge in [0.1, 0.15) is 0 Å². The zero-order valence-electron chi connectivity index (χ0n) is 12.1. The van der Waals surface area contributed by atoms with E-state index in [1.54, 1.807) is 0 Å². The summed E-state index contributed by atoms with van der Waals surface area (Å²) in [6.07, 6.45) is 0. The highest BCUT2D eigenvalue weighted by Gasteiger charge is 2.36. The van der Waals surface area contributed by atoms with Crippen LogP contribution in [0.25, 0.3) is 0 Å². The second-order valence-corrected chi connectivity index (χ2v) is 5.76. The summed E-state index contributed by atoms with van der Waals surface area (Å²) in [5, 5.41) is 3.29. The molecule has 1 N–H and O–H groups in total. The Labute approximate surface area is 133 Å². The van der Waals surface area contributed by atoms with E-state index in [-0.39, 0.29) is 5.97 Å². The quantitative estimate of drug-likeness (QED) is 0.817. The summed E-state index contributed by atoms with van der Waals surface area (Å²) in [7, 11) is 0. The maximum atomic E-state index is 12.4. The maximum absolute atomic E-state index is 12.4. The summed E-state index contributed by atoms with van der Waals surface area (Å²) in [5.74, 6) is -0.292. The summed E-state index contributed by atoms with van der Waals surface area (Å²) in [4.78, 5) is 12.4. The predicted octanol–water partition coefficient (Wildman–Crippen LogP) is 4.34. The molecular formula is C17H18BrNO2. The largest absolute Gasteiger partial charge is 0.464 e.